The van der Waals surface area contributed by atoms with Crippen molar-refractivity contribution in [3.05, 3.63) is 59.2 Å². The van der Waals surface area contributed by atoms with Gasteiger partial charge in [0.25, 0.3) is 0 Å². The fourth-order valence-corrected chi connectivity index (χ4v) is 4.80. The Morgan fingerprint density at radius 3 is 2.49 bits per heavy atom. The molecule has 230 valence electrons. The molecule has 1 N–H and O–H groups in total. The van der Waals surface area contributed by atoms with Crippen molar-refractivity contribution in [1.82, 2.24) is 13.9 Å². The van der Waals surface area contributed by atoms with Gasteiger partial charge in [-0.1, -0.05) is 13.8 Å². The third-order valence-corrected chi connectivity index (χ3v) is 7.97. The summed E-state index contributed by atoms with van der Waals surface area (Å²) in [5.74, 6) is 1.45. The van der Waals surface area contributed by atoms with Crippen molar-refractivity contribution in [1.29, 1.82) is 0 Å². The third kappa shape index (κ3) is 6.85. The fourth-order valence-electron chi connectivity index (χ4n) is 4.40. The van der Waals surface area contributed by atoms with Gasteiger partial charge in [-0.15, -0.1) is 0 Å². The number of benzene rings is 2. The highest BCUT2D eigenvalue weighted by Gasteiger charge is 2.24. The van der Waals surface area contributed by atoms with Crippen LogP contribution in [0.3, 0.4) is 0 Å². The molecule has 0 saturated carbocycles. The van der Waals surface area contributed by atoms with E-state index >= 15 is 0 Å². The summed E-state index contributed by atoms with van der Waals surface area (Å²) in [6.07, 6.45) is 4.83. The molecule has 1 aromatic heterocycles. The average molecular weight is 616 g/mol. The van der Waals surface area contributed by atoms with Crippen LogP contribution < -0.4 is 23.7 Å². The van der Waals surface area contributed by atoms with Crippen LogP contribution >= 0.6 is 0 Å². The van der Waals surface area contributed by atoms with E-state index in [0.717, 1.165) is 12.7 Å². The van der Waals surface area contributed by atoms with Crippen LogP contribution in [-0.4, -0.2) is 73.8 Å². The number of carboxylic acid groups (broad SMARTS) is 1. The first-order chi connectivity index (χ1) is 20.5. The Balaban J connectivity index is 1.84. The Hall–Kier alpha value is -4.72. The SMILES string of the molecule is CCC(C)c1ncc(C=C(Cc2cc3c(cc2OC)OCO3)C(=O)O)n1-c1ccc(OC)cc1OCN(C=O)S(C)(=O)=O. The number of amides is 1. The van der Waals surface area contributed by atoms with Crippen molar-refractivity contribution in [2.45, 2.75) is 32.6 Å². The van der Waals surface area contributed by atoms with Crippen molar-refractivity contribution >= 4 is 28.5 Å². The number of hydrogen-bond acceptors (Lipinski definition) is 10. The van der Waals surface area contributed by atoms with E-state index in [0.29, 0.717) is 50.1 Å². The summed E-state index contributed by atoms with van der Waals surface area (Å²) in [6, 6.07) is 8.26. The molecule has 14 heteroatoms. The minimum atomic E-state index is -3.88. The molecule has 2 heterocycles. The van der Waals surface area contributed by atoms with E-state index in [1.54, 1.807) is 41.1 Å². The summed E-state index contributed by atoms with van der Waals surface area (Å²) in [7, 11) is -0.928. The normalized spacial score (nSPS) is 13.4. The molecule has 1 aliphatic rings. The van der Waals surface area contributed by atoms with Crippen molar-refractivity contribution in [3.8, 4) is 34.4 Å². The molecule has 1 atom stereocenters. The Kier molecular flexibility index (Phi) is 9.49. The zero-order valence-electron chi connectivity index (χ0n) is 24.4. The third-order valence-electron chi connectivity index (χ3n) is 6.92. The van der Waals surface area contributed by atoms with Crippen LogP contribution in [0, 0.1) is 0 Å². The predicted molar refractivity (Wildman–Crippen MR) is 155 cm³/mol. The average Bonchev–Trinajstić information content (AvgIpc) is 3.61. The van der Waals surface area contributed by atoms with Crippen molar-refractivity contribution in [3.63, 3.8) is 0 Å². The monoisotopic (exact) mass is 615 g/mol. The highest BCUT2D eigenvalue weighted by molar-refractivity contribution is 7.88. The summed E-state index contributed by atoms with van der Waals surface area (Å²) >= 11 is 0. The number of nitrogens with zero attached hydrogens (tertiary/aromatic N) is 3. The van der Waals surface area contributed by atoms with Crippen LogP contribution in [0.1, 0.15) is 43.3 Å². The molecule has 1 aliphatic heterocycles. The van der Waals surface area contributed by atoms with Crippen molar-refractivity contribution < 1.29 is 46.8 Å². The highest BCUT2D eigenvalue weighted by atomic mass is 32.2. The second-order valence-corrected chi connectivity index (χ2v) is 11.7. The lowest BCUT2D eigenvalue weighted by atomic mass is 10.0. The second-order valence-electron chi connectivity index (χ2n) is 9.72. The van der Waals surface area contributed by atoms with E-state index in [-0.39, 0.29) is 36.9 Å². The first-order valence-corrected chi connectivity index (χ1v) is 15.1. The van der Waals surface area contributed by atoms with E-state index in [1.807, 2.05) is 13.8 Å². The zero-order valence-corrected chi connectivity index (χ0v) is 25.2. The van der Waals surface area contributed by atoms with Gasteiger partial charge in [-0.25, -0.2) is 22.5 Å². The summed E-state index contributed by atoms with van der Waals surface area (Å²) in [5, 5.41) is 10.2. The molecule has 0 spiro atoms. The number of aliphatic carboxylic acids is 1. The van der Waals surface area contributed by atoms with Gasteiger partial charge in [0.05, 0.1) is 38.1 Å². The summed E-state index contributed by atoms with van der Waals surface area (Å²) in [4.78, 5) is 28.6. The van der Waals surface area contributed by atoms with Crippen molar-refractivity contribution in [2.75, 3.05) is 34.0 Å². The van der Waals surface area contributed by atoms with E-state index in [1.165, 1.54) is 20.3 Å². The van der Waals surface area contributed by atoms with Crippen LogP contribution in [0.15, 0.2) is 42.1 Å². The van der Waals surface area contributed by atoms with E-state index < -0.39 is 22.7 Å². The van der Waals surface area contributed by atoms with Gasteiger partial charge in [0.15, 0.2) is 18.2 Å². The number of carbonyl (C=O) groups excluding carboxylic acids is 1. The standard InChI is InChI=1S/C29H33N3O10S/c1-6-18(2)28-30-14-21(10-20(29(34)35)9-19-11-26-27(42-17-41-26)13-24(19)39-4)32(28)23-8-7-22(38-3)12-25(23)40-16-31(15-33)43(5,36)37/h7-8,10-15,18H,6,9,16-17H2,1-5H3,(H,34,35). The van der Waals surface area contributed by atoms with E-state index in [9.17, 15) is 23.1 Å². The van der Waals surface area contributed by atoms with Gasteiger partial charge in [0, 0.05) is 35.6 Å². The predicted octanol–water partition coefficient (Wildman–Crippen LogP) is 3.60. The number of carbonyl (C=O) groups is 2. The topological polar surface area (TPSA) is 156 Å². The van der Waals surface area contributed by atoms with E-state index in [4.69, 9.17) is 23.7 Å². The molecule has 1 amide bonds. The number of methoxy groups -OCH3 is 2. The largest absolute Gasteiger partial charge is 0.497 e. The molecule has 3 aromatic rings. The molecule has 43 heavy (non-hydrogen) atoms. The van der Waals surface area contributed by atoms with Crippen LogP contribution in [0.4, 0.5) is 0 Å². The zero-order chi connectivity index (χ0) is 31.3. The fraction of sp³-hybridized carbons (Fsp3) is 0.345. The Morgan fingerprint density at radius 2 is 1.88 bits per heavy atom. The summed E-state index contributed by atoms with van der Waals surface area (Å²) < 4.78 is 53.8. The van der Waals surface area contributed by atoms with Gasteiger partial charge in [-0.3, -0.25) is 9.36 Å². The molecule has 2 aromatic carbocycles. The lowest BCUT2D eigenvalue weighted by molar-refractivity contribution is -0.132. The molecular formula is C29H33N3O10S. The number of rotatable bonds is 14. The van der Waals surface area contributed by atoms with Gasteiger partial charge < -0.3 is 28.8 Å². The maximum absolute atomic E-state index is 12.5. The van der Waals surface area contributed by atoms with Gasteiger partial charge in [-0.05, 0) is 30.7 Å². The minimum Gasteiger partial charge on any atom is -0.497 e. The van der Waals surface area contributed by atoms with Crippen LogP contribution in [-0.2, 0) is 26.0 Å². The van der Waals surface area contributed by atoms with Gasteiger partial charge >= 0.3 is 5.97 Å². The smallest absolute Gasteiger partial charge is 0.331 e. The highest BCUT2D eigenvalue weighted by Crippen LogP contribution is 2.39. The van der Waals surface area contributed by atoms with Gasteiger partial charge in [-0.2, -0.15) is 0 Å². The van der Waals surface area contributed by atoms with E-state index in [2.05, 4.69) is 4.98 Å². The Bertz CT molecular complexity index is 1650. The van der Waals surface area contributed by atoms with Crippen LogP contribution in [0.5, 0.6) is 28.7 Å². The summed E-state index contributed by atoms with van der Waals surface area (Å²) in [6.45, 7) is 3.44. The molecular weight excluding hydrogens is 582 g/mol. The number of sulfonamides is 1. The van der Waals surface area contributed by atoms with Gasteiger partial charge in [0.1, 0.15) is 23.1 Å². The number of aromatic nitrogens is 2. The molecule has 0 saturated heterocycles. The molecule has 0 radical (unpaired) electrons. The molecule has 13 nitrogen and oxygen atoms in total. The molecule has 0 aliphatic carbocycles. The second kappa shape index (κ2) is 13.1. The molecule has 0 fully saturated rings. The van der Waals surface area contributed by atoms with Gasteiger partial charge in [0.2, 0.25) is 23.2 Å². The van der Waals surface area contributed by atoms with Crippen LogP contribution in [0.2, 0.25) is 0 Å². The summed E-state index contributed by atoms with van der Waals surface area (Å²) in [5.41, 5.74) is 1.48. The number of hydrogen-bond donors (Lipinski definition) is 1. The molecule has 1 unspecified atom stereocenters. The number of imidazole rings is 1. The first kappa shape index (κ1) is 31.2. The number of carboxylic acids is 1. The molecule has 0 bridgehead atoms. The van der Waals surface area contributed by atoms with Crippen LogP contribution in [0.25, 0.3) is 11.8 Å². The maximum Gasteiger partial charge on any atom is 0.331 e. The Labute approximate surface area is 249 Å². The lowest BCUT2D eigenvalue weighted by Gasteiger charge is -2.21. The quantitative estimate of drug-likeness (QED) is 0.161. The number of ether oxygens (including phenoxy) is 5. The minimum absolute atomic E-state index is 0.00633. The lowest BCUT2D eigenvalue weighted by Crippen LogP contribution is -2.32. The Morgan fingerprint density at radius 1 is 1.16 bits per heavy atom. The maximum atomic E-state index is 12.5. The molecule has 4 rings (SSSR count). The number of fused-ring (bicyclic) bond motifs is 1. The van der Waals surface area contributed by atoms with Crippen molar-refractivity contribution in [2.24, 2.45) is 0 Å². The first-order valence-electron chi connectivity index (χ1n) is 13.2.